The second-order valence-corrected chi connectivity index (χ2v) is 9.88. The zero-order valence-electron chi connectivity index (χ0n) is 19.8. The molecule has 2 aromatic rings. The fraction of sp³-hybridized carbons (Fsp3) is 0.393. The molecule has 1 aliphatic carbocycles. The van der Waals surface area contributed by atoms with E-state index in [9.17, 15) is 14.3 Å². The lowest BCUT2D eigenvalue weighted by Gasteiger charge is -2.50. The first kappa shape index (κ1) is 24.2. The van der Waals surface area contributed by atoms with Gasteiger partial charge in [-0.2, -0.15) is 0 Å². The third kappa shape index (κ3) is 4.79. The summed E-state index contributed by atoms with van der Waals surface area (Å²) in [7, 11) is 0. The van der Waals surface area contributed by atoms with Gasteiger partial charge in [0.25, 0.3) is 0 Å². The molecule has 1 saturated heterocycles. The maximum Gasteiger partial charge on any atom is 0.232 e. The minimum absolute atomic E-state index is 0.0986. The largest absolute Gasteiger partial charge is 0.512 e. The molecular formula is C28H33FN2O3. The molecule has 5 nitrogen and oxygen atoms in total. The Kier molecular flexibility index (Phi) is 6.91. The van der Waals surface area contributed by atoms with Crippen LogP contribution in [0, 0.1) is 0 Å². The van der Waals surface area contributed by atoms with Gasteiger partial charge in [-0.1, -0.05) is 60.7 Å². The zero-order chi connectivity index (χ0) is 24.3. The van der Waals surface area contributed by atoms with E-state index >= 15 is 0 Å². The van der Waals surface area contributed by atoms with Crippen molar-refractivity contribution in [3.63, 3.8) is 0 Å². The third-order valence-corrected chi connectivity index (χ3v) is 7.26. The van der Waals surface area contributed by atoms with Crippen LogP contribution in [0.5, 0.6) is 0 Å². The second kappa shape index (κ2) is 9.72. The van der Waals surface area contributed by atoms with Crippen molar-refractivity contribution in [2.45, 2.75) is 56.3 Å². The summed E-state index contributed by atoms with van der Waals surface area (Å²) in [5.74, 6) is -0.585. The monoisotopic (exact) mass is 464 g/mol. The lowest BCUT2D eigenvalue weighted by molar-refractivity contribution is -0.125. The van der Waals surface area contributed by atoms with Gasteiger partial charge in [0, 0.05) is 25.0 Å². The van der Waals surface area contributed by atoms with Gasteiger partial charge in [0.1, 0.15) is 11.9 Å². The molecule has 0 aromatic heterocycles. The van der Waals surface area contributed by atoms with Crippen LogP contribution >= 0.6 is 0 Å². The molecular weight excluding hydrogens is 431 g/mol. The molecule has 1 unspecified atom stereocenters. The summed E-state index contributed by atoms with van der Waals surface area (Å²) in [6.07, 6.45) is 3.27. The minimum Gasteiger partial charge on any atom is -0.512 e. The topological polar surface area (TPSA) is 75.8 Å². The van der Waals surface area contributed by atoms with E-state index < -0.39 is 11.5 Å². The second-order valence-electron chi connectivity index (χ2n) is 9.88. The number of nitrogens with two attached hydrogens (primary N) is 1. The molecule has 2 aromatic carbocycles. The molecule has 2 aliphatic rings. The van der Waals surface area contributed by atoms with E-state index in [1.165, 1.54) is 12.2 Å². The molecule has 1 fully saturated rings. The van der Waals surface area contributed by atoms with Crippen molar-refractivity contribution in [1.82, 2.24) is 4.90 Å². The van der Waals surface area contributed by atoms with E-state index in [-0.39, 0.29) is 35.6 Å². The van der Waals surface area contributed by atoms with Crippen LogP contribution in [-0.4, -0.2) is 46.7 Å². The van der Waals surface area contributed by atoms with Crippen molar-refractivity contribution < 1.29 is 19.0 Å². The predicted molar refractivity (Wildman–Crippen MR) is 131 cm³/mol. The van der Waals surface area contributed by atoms with Gasteiger partial charge in [-0.3, -0.25) is 9.69 Å². The van der Waals surface area contributed by atoms with Gasteiger partial charge in [0.2, 0.25) is 5.91 Å². The number of hydrogen-bond acceptors (Lipinski definition) is 4. The van der Waals surface area contributed by atoms with Crippen LogP contribution in [0.15, 0.2) is 84.4 Å². The summed E-state index contributed by atoms with van der Waals surface area (Å²) in [4.78, 5) is 15.3. The number of likely N-dealkylation sites (tertiary alicyclic amines) is 1. The number of benzene rings is 2. The van der Waals surface area contributed by atoms with E-state index in [0.717, 1.165) is 17.5 Å². The Bertz CT molecular complexity index is 1020. The number of aliphatic hydroxyl groups excluding tert-OH is 1. The number of primary amides is 1. The molecule has 0 bridgehead atoms. The maximum atomic E-state index is 14.0. The number of allylic oxidation sites excluding steroid dienone is 2. The van der Waals surface area contributed by atoms with Crippen molar-refractivity contribution in [3.05, 3.63) is 95.5 Å². The molecule has 0 saturated carbocycles. The number of ether oxygens (including phenoxy) is 1. The molecule has 0 radical (unpaired) electrons. The molecule has 1 amide bonds. The van der Waals surface area contributed by atoms with Gasteiger partial charge >= 0.3 is 0 Å². The summed E-state index contributed by atoms with van der Waals surface area (Å²) in [5, 5.41) is 9.68. The van der Waals surface area contributed by atoms with Crippen LogP contribution in [0.1, 0.15) is 44.2 Å². The van der Waals surface area contributed by atoms with E-state index in [1.54, 1.807) is 0 Å². The lowest BCUT2D eigenvalue weighted by Crippen LogP contribution is -2.61. The van der Waals surface area contributed by atoms with Crippen molar-refractivity contribution in [1.29, 1.82) is 0 Å². The quantitative estimate of drug-likeness (QED) is 0.560. The highest BCUT2D eigenvalue weighted by atomic mass is 19.1. The van der Waals surface area contributed by atoms with Gasteiger partial charge in [-0.25, -0.2) is 4.39 Å². The highest BCUT2D eigenvalue weighted by Crippen LogP contribution is 2.40. The first-order valence-electron chi connectivity index (χ1n) is 11.8. The predicted octanol–water partition coefficient (Wildman–Crippen LogP) is 4.79. The van der Waals surface area contributed by atoms with Gasteiger partial charge in [-0.15, -0.1) is 0 Å². The molecule has 180 valence electrons. The average Bonchev–Trinajstić information content (AvgIpc) is 2.79. The van der Waals surface area contributed by atoms with Crippen LogP contribution in [0.25, 0.3) is 0 Å². The SMILES string of the molecule is CC(C)(CCC(C(N)=O)(c1ccccc1)c1ccccc1)N1CC(OC2CC(O)=CC=C2F)C1. The fourth-order valence-electron chi connectivity index (χ4n) is 4.96. The number of rotatable bonds is 9. The molecule has 1 heterocycles. The van der Waals surface area contributed by atoms with E-state index in [1.807, 2.05) is 60.7 Å². The average molecular weight is 465 g/mol. The molecule has 4 rings (SSSR count). The van der Waals surface area contributed by atoms with E-state index in [4.69, 9.17) is 10.5 Å². The van der Waals surface area contributed by atoms with Gasteiger partial charge in [0.05, 0.1) is 17.3 Å². The van der Waals surface area contributed by atoms with Gasteiger partial charge < -0.3 is 15.6 Å². The Morgan fingerprint density at radius 3 is 2.12 bits per heavy atom. The Morgan fingerprint density at radius 2 is 1.59 bits per heavy atom. The molecule has 1 atom stereocenters. The first-order valence-corrected chi connectivity index (χ1v) is 11.8. The van der Waals surface area contributed by atoms with Crippen molar-refractivity contribution >= 4 is 5.91 Å². The van der Waals surface area contributed by atoms with E-state index in [2.05, 4.69) is 18.7 Å². The lowest BCUT2D eigenvalue weighted by atomic mass is 9.69. The van der Waals surface area contributed by atoms with Crippen LogP contribution in [0.4, 0.5) is 4.39 Å². The number of carbonyl (C=O) groups is 1. The zero-order valence-corrected chi connectivity index (χ0v) is 19.8. The number of carbonyl (C=O) groups excluding carboxylic acids is 1. The Labute approximate surface area is 200 Å². The summed E-state index contributed by atoms with van der Waals surface area (Å²) in [6.45, 7) is 5.64. The van der Waals surface area contributed by atoms with Crippen molar-refractivity contribution in [2.75, 3.05) is 13.1 Å². The highest BCUT2D eigenvalue weighted by Gasteiger charge is 2.44. The molecule has 34 heavy (non-hydrogen) atoms. The van der Waals surface area contributed by atoms with Crippen LogP contribution in [0.2, 0.25) is 0 Å². The smallest absolute Gasteiger partial charge is 0.232 e. The molecule has 6 heteroatoms. The Morgan fingerprint density at radius 1 is 1.03 bits per heavy atom. The standard InChI is InChI=1S/C28H33FN2O3/c1-27(2,31-18-23(19-31)34-25-17-22(32)13-14-24(25)29)15-16-28(26(30)33,20-9-5-3-6-10-20)21-11-7-4-8-12-21/h3-14,23,25,32H,15-19H2,1-2H3,(H2,30,33). The summed E-state index contributed by atoms with van der Waals surface area (Å²) < 4.78 is 19.9. The summed E-state index contributed by atoms with van der Waals surface area (Å²) in [6, 6.07) is 19.5. The van der Waals surface area contributed by atoms with Gasteiger partial charge in [-0.05, 0) is 50.0 Å². The summed E-state index contributed by atoms with van der Waals surface area (Å²) >= 11 is 0. The van der Waals surface area contributed by atoms with Crippen LogP contribution in [-0.2, 0) is 14.9 Å². The number of nitrogens with zero attached hydrogens (tertiary/aromatic N) is 1. The first-order chi connectivity index (χ1) is 16.2. The number of amides is 1. The third-order valence-electron chi connectivity index (χ3n) is 7.26. The number of aliphatic hydroxyl groups is 1. The fourth-order valence-corrected chi connectivity index (χ4v) is 4.96. The highest BCUT2D eigenvalue weighted by molar-refractivity contribution is 5.90. The Balaban J connectivity index is 1.46. The van der Waals surface area contributed by atoms with Crippen molar-refractivity contribution in [2.24, 2.45) is 5.73 Å². The molecule has 0 spiro atoms. The number of halogens is 1. The maximum absolute atomic E-state index is 14.0. The van der Waals surface area contributed by atoms with Crippen LogP contribution in [0.3, 0.4) is 0 Å². The normalized spacial score (nSPS) is 19.8. The summed E-state index contributed by atoms with van der Waals surface area (Å²) in [5.41, 5.74) is 6.74. The van der Waals surface area contributed by atoms with Crippen molar-refractivity contribution in [3.8, 4) is 0 Å². The van der Waals surface area contributed by atoms with E-state index in [0.29, 0.717) is 19.5 Å². The number of hydrogen-bond donors (Lipinski definition) is 2. The molecule has 3 N–H and O–H groups in total. The van der Waals surface area contributed by atoms with Gasteiger partial charge in [0.15, 0.2) is 0 Å². The Hall–Kier alpha value is -2.96. The minimum atomic E-state index is -0.930. The van der Waals surface area contributed by atoms with Crippen LogP contribution < -0.4 is 5.73 Å². The molecule has 1 aliphatic heterocycles.